The van der Waals surface area contributed by atoms with Crippen molar-refractivity contribution in [3.05, 3.63) is 23.8 Å². The molecular weight excluding hydrogens is 270 g/mol. The Morgan fingerprint density at radius 3 is 2.95 bits per heavy atom. The molecule has 0 bridgehead atoms. The van der Waals surface area contributed by atoms with Crippen LogP contribution in [0.25, 0.3) is 0 Å². The van der Waals surface area contributed by atoms with Crippen LogP contribution in [0.3, 0.4) is 0 Å². The molecule has 0 fully saturated rings. The standard InChI is InChI=1S/C11H13N3O4S/c1-17-8-4-2-3-7(5-13-14-11(12)19)10(8)18-6-9(15)16/h2-5H,6H2,1H3,(H,15,16)(H3,12,14,19)/b13-5+. The maximum Gasteiger partial charge on any atom is 0.341 e. The topological polar surface area (TPSA) is 106 Å². The van der Waals surface area contributed by atoms with E-state index in [2.05, 4.69) is 22.7 Å². The van der Waals surface area contributed by atoms with Crippen molar-refractivity contribution >= 4 is 29.5 Å². The van der Waals surface area contributed by atoms with Gasteiger partial charge in [0.2, 0.25) is 0 Å². The number of hydrazone groups is 1. The minimum atomic E-state index is -1.09. The molecule has 0 amide bonds. The van der Waals surface area contributed by atoms with E-state index in [-0.39, 0.29) is 10.9 Å². The number of hydrogen-bond acceptors (Lipinski definition) is 5. The number of nitrogens with two attached hydrogens (primary N) is 1. The van der Waals surface area contributed by atoms with Gasteiger partial charge in [-0.05, 0) is 24.4 Å². The van der Waals surface area contributed by atoms with Gasteiger partial charge in [-0.1, -0.05) is 6.07 Å². The number of carbonyl (C=O) groups is 1. The number of thiocarbonyl (C=S) groups is 1. The predicted octanol–water partition coefficient (Wildman–Crippen LogP) is 0.326. The normalized spacial score (nSPS) is 10.2. The number of para-hydroxylation sites is 1. The van der Waals surface area contributed by atoms with Crippen molar-refractivity contribution in [1.29, 1.82) is 0 Å². The van der Waals surface area contributed by atoms with Gasteiger partial charge < -0.3 is 20.3 Å². The first-order valence-electron chi connectivity index (χ1n) is 5.14. The third kappa shape index (κ3) is 4.80. The number of methoxy groups -OCH3 is 1. The summed E-state index contributed by atoms with van der Waals surface area (Å²) in [5.74, 6) is -0.406. The predicted molar refractivity (Wildman–Crippen MR) is 73.6 cm³/mol. The molecule has 0 atom stereocenters. The highest BCUT2D eigenvalue weighted by Crippen LogP contribution is 2.29. The zero-order chi connectivity index (χ0) is 14.3. The van der Waals surface area contributed by atoms with Gasteiger partial charge in [0.05, 0.1) is 13.3 Å². The summed E-state index contributed by atoms with van der Waals surface area (Å²) in [6, 6.07) is 5.05. The first-order valence-corrected chi connectivity index (χ1v) is 5.55. The Kier molecular flexibility index (Phi) is 5.55. The van der Waals surface area contributed by atoms with E-state index in [0.29, 0.717) is 11.3 Å². The summed E-state index contributed by atoms with van der Waals surface area (Å²) in [6.45, 7) is -0.482. The Balaban J connectivity index is 2.97. The van der Waals surface area contributed by atoms with Gasteiger partial charge in [-0.15, -0.1) is 0 Å². The fourth-order valence-corrected chi connectivity index (χ4v) is 1.30. The number of hydrogen-bond donors (Lipinski definition) is 3. The number of ether oxygens (including phenoxy) is 2. The van der Waals surface area contributed by atoms with Gasteiger partial charge in [-0.2, -0.15) is 5.10 Å². The molecule has 0 aliphatic rings. The molecule has 4 N–H and O–H groups in total. The highest BCUT2D eigenvalue weighted by Gasteiger charge is 2.10. The molecule has 0 radical (unpaired) electrons. The van der Waals surface area contributed by atoms with Crippen LogP contribution in [-0.2, 0) is 4.79 Å². The summed E-state index contributed by atoms with van der Waals surface area (Å²) < 4.78 is 10.3. The van der Waals surface area contributed by atoms with Crippen molar-refractivity contribution in [3.8, 4) is 11.5 Å². The van der Waals surface area contributed by atoms with E-state index in [0.717, 1.165) is 0 Å². The summed E-state index contributed by atoms with van der Waals surface area (Å²) >= 11 is 4.60. The van der Waals surface area contributed by atoms with Crippen LogP contribution in [0.1, 0.15) is 5.56 Å². The number of aliphatic carboxylic acids is 1. The summed E-state index contributed by atoms with van der Waals surface area (Å²) in [5, 5.41) is 12.4. The van der Waals surface area contributed by atoms with Crippen molar-refractivity contribution in [2.45, 2.75) is 0 Å². The van der Waals surface area contributed by atoms with E-state index >= 15 is 0 Å². The number of carboxylic acid groups (broad SMARTS) is 1. The summed E-state index contributed by atoms with van der Waals surface area (Å²) in [6.07, 6.45) is 1.40. The Morgan fingerprint density at radius 1 is 1.63 bits per heavy atom. The number of benzene rings is 1. The minimum Gasteiger partial charge on any atom is -0.493 e. The third-order valence-corrected chi connectivity index (χ3v) is 2.04. The van der Waals surface area contributed by atoms with Gasteiger partial charge in [-0.3, -0.25) is 5.43 Å². The molecule has 0 aliphatic heterocycles. The molecule has 19 heavy (non-hydrogen) atoms. The third-order valence-electron chi connectivity index (χ3n) is 1.95. The van der Waals surface area contributed by atoms with E-state index in [1.165, 1.54) is 13.3 Å². The fourth-order valence-electron chi connectivity index (χ4n) is 1.25. The van der Waals surface area contributed by atoms with Crippen LogP contribution in [0.15, 0.2) is 23.3 Å². The average molecular weight is 283 g/mol. The zero-order valence-electron chi connectivity index (χ0n) is 10.1. The van der Waals surface area contributed by atoms with Gasteiger partial charge in [-0.25, -0.2) is 4.79 Å². The van der Waals surface area contributed by atoms with Crippen LogP contribution in [0.4, 0.5) is 0 Å². The van der Waals surface area contributed by atoms with Gasteiger partial charge >= 0.3 is 5.97 Å². The van der Waals surface area contributed by atoms with E-state index < -0.39 is 12.6 Å². The maximum absolute atomic E-state index is 10.5. The molecule has 0 unspecified atom stereocenters. The lowest BCUT2D eigenvalue weighted by atomic mass is 10.2. The lowest BCUT2D eigenvalue weighted by Crippen LogP contribution is -2.24. The summed E-state index contributed by atoms with van der Waals surface area (Å²) in [4.78, 5) is 10.5. The molecule has 8 heteroatoms. The Bertz CT molecular complexity index is 505. The SMILES string of the molecule is COc1cccc(/C=N/NC(N)=S)c1OCC(=O)O. The summed E-state index contributed by atoms with van der Waals surface area (Å²) in [7, 11) is 1.46. The number of nitrogens with one attached hydrogen (secondary N) is 1. The van der Waals surface area contributed by atoms with Crippen LogP contribution in [0.2, 0.25) is 0 Å². The fraction of sp³-hybridized carbons (Fsp3) is 0.182. The second-order valence-electron chi connectivity index (χ2n) is 3.30. The lowest BCUT2D eigenvalue weighted by molar-refractivity contribution is -0.139. The van der Waals surface area contributed by atoms with Crippen LogP contribution in [0, 0.1) is 0 Å². The molecule has 102 valence electrons. The van der Waals surface area contributed by atoms with Crippen molar-refractivity contribution in [1.82, 2.24) is 5.43 Å². The molecule has 1 rings (SSSR count). The van der Waals surface area contributed by atoms with Gasteiger partial charge in [0.1, 0.15) is 0 Å². The smallest absolute Gasteiger partial charge is 0.341 e. The van der Waals surface area contributed by atoms with Crippen molar-refractivity contribution in [2.75, 3.05) is 13.7 Å². The zero-order valence-corrected chi connectivity index (χ0v) is 10.9. The van der Waals surface area contributed by atoms with Crippen LogP contribution in [-0.4, -0.2) is 36.1 Å². The molecule has 0 saturated heterocycles. The van der Waals surface area contributed by atoms with Gasteiger partial charge in [0.25, 0.3) is 0 Å². The molecule has 0 spiro atoms. The molecule has 1 aromatic carbocycles. The van der Waals surface area contributed by atoms with Crippen molar-refractivity contribution in [2.24, 2.45) is 10.8 Å². The summed E-state index contributed by atoms with van der Waals surface area (Å²) in [5.41, 5.74) is 8.14. The first-order chi connectivity index (χ1) is 9.04. The molecule has 1 aromatic rings. The molecular formula is C11H13N3O4S. The Morgan fingerprint density at radius 2 is 2.37 bits per heavy atom. The number of rotatable bonds is 6. The number of carboxylic acids is 1. The molecule has 0 heterocycles. The molecule has 0 aromatic heterocycles. The minimum absolute atomic E-state index is 0.0205. The van der Waals surface area contributed by atoms with E-state index in [9.17, 15) is 4.79 Å². The van der Waals surface area contributed by atoms with Gasteiger partial charge in [0, 0.05) is 5.56 Å². The average Bonchev–Trinajstić information content (AvgIpc) is 2.36. The Labute approximate surface area is 115 Å². The first kappa shape index (κ1) is 14.7. The van der Waals surface area contributed by atoms with Crippen LogP contribution < -0.4 is 20.6 Å². The highest BCUT2D eigenvalue weighted by atomic mass is 32.1. The number of nitrogens with zero attached hydrogens (tertiary/aromatic N) is 1. The quantitative estimate of drug-likeness (QED) is 0.392. The van der Waals surface area contributed by atoms with Crippen LogP contribution in [0.5, 0.6) is 11.5 Å². The lowest BCUT2D eigenvalue weighted by Gasteiger charge is -2.11. The molecule has 0 aliphatic carbocycles. The largest absolute Gasteiger partial charge is 0.493 e. The van der Waals surface area contributed by atoms with Crippen molar-refractivity contribution < 1.29 is 19.4 Å². The van der Waals surface area contributed by atoms with E-state index in [1.807, 2.05) is 0 Å². The second kappa shape index (κ2) is 7.17. The van der Waals surface area contributed by atoms with Crippen molar-refractivity contribution in [3.63, 3.8) is 0 Å². The Hall–Kier alpha value is -2.35. The molecule has 7 nitrogen and oxygen atoms in total. The maximum atomic E-state index is 10.5. The second-order valence-corrected chi connectivity index (χ2v) is 3.74. The van der Waals surface area contributed by atoms with Gasteiger partial charge in [0.15, 0.2) is 23.2 Å². The monoisotopic (exact) mass is 283 g/mol. The highest BCUT2D eigenvalue weighted by molar-refractivity contribution is 7.80. The van der Waals surface area contributed by atoms with E-state index in [1.54, 1.807) is 18.2 Å². The molecule has 0 saturated carbocycles. The van der Waals surface area contributed by atoms with E-state index in [4.69, 9.17) is 20.3 Å². The van der Waals surface area contributed by atoms with Crippen LogP contribution >= 0.6 is 12.2 Å².